The summed E-state index contributed by atoms with van der Waals surface area (Å²) in [5.41, 5.74) is 1.32. The molecule has 18 heavy (non-hydrogen) atoms. The molecule has 0 aliphatic heterocycles. The molecule has 1 atom stereocenters. The lowest BCUT2D eigenvalue weighted by atomic mass is 9.70. The molecule has 2 rings (SSSR count). The Bertz CT molecular complexity index is 358. The van der Waals surface area contributed by atoms with Gasteiger partial charge in [0.25, 0.3) is 0 Å². The molecule has 0 saturated heterocycles. The number of benzene rings is 1. The van der Waals surface area contributed by atoms with Gasteiger partial charge in [0.15, 0.2) is 0 Å². The van der Waals surface area contributed by atoms with Crippen molar-refractivity contribution >= 4 is 0 Å². The molecule has 0 spiro atoms. The van der Waals surface area contributed by atoms with Gasteiger partial charge in [-0.2, -0.15) is 0 Å². The second-order valence-electron chi connectivity index (χ2n) is 6.34. The fourth-order valence-corrected chi connectivity index (χ4v) is 3.53. The highest BCUT2D eigenvalue weighted by Gasteiger charge is 2.29. The standard InChI is InChI=1S/C17H25F/c1-12(2)17(14-6-4-13(3)5-7-14)15-8-10-16(18)11-9-15/h8-14,17H,4-7H2,1-3H3. The van der Waals surface area contributed by atoms with Crippen LogP contribution in [-0.2, 0) is 0 Å². The third-order valence-electron chi connectivity index (χ3n) is 4.54. The minimum Gasteiger partial charge on any atom is -0.207 e. The van der Waals surface area contributed by atoms with Crippen LogP contribution >= 0.6 is 0 Å². The van der Waals surface area contributed by atoms with Gasteiger partial charge in [-0.1, -0.05) is 45.7 Å². The van der Waals surface area contributed by atoms with Crippen LogP contribution in [0, 0.1) is 23.6 Å². The van der Waals surface area contributed by atoms with Gasteiger partial charge in [-0.15, -0.1) is 0 Å². The number of hydrogen-bond acceptors (Lipinski definition) is 0. The summed E-state index contributed by atoms with van der Waals surface area (Å²) in [7, 11) is 0. The SMILES string of the molecule is CC1CCC(C(c2ccc(F)cc2)C(C)C)CC1. The molecule has 1 aliphatic rings. The Hall–Kier alpha value is -0.850. The lowest BCUT2D eigenvalue weighted by Gasteiger charge is -2.35. The van der Waals surface area contributed by atoms with Crippen LogP contribution in [0.3, 0.4) is 0 Å². The van der Waals surface area contributed by atoms with Crippen molar-refractivity contribution in [3.8, 4) is 0 Å². The molecule has 1 saturated carbocycles. The lowest BCUT2D eigenvalue weighted by molar-refractivity contribution is 0.223. The van der Waals surface area contributed by atoms with E-state index in [9.17, 15) is 4.39 Å². The van der Waals surface area contributed by atoms with E-state index in [1.165, 1.54) is 31.2 Å². The maximum Gasteiger partial charge on any atom is 0.123 e. The molecule has 0 nitrogen and oxygen atoms in total. The summed E-state index contributed by atoms with van der Waals surface area (Å²) >= 11 is 0. The van der Waals surface area contributed by atoms with Gasteiger partial charge in [-0.3, -0.25) is 0 Å². The Morgan fingerprint density at radius 3 is 2.06 bits per heavy atom. The Balaban J connectivity index is 2.15. The van der Waals surface area contributed by atoms with Crippen LogP contribution in [0.25, 0.3) is 0 Å². The van der Waals surface area contributed by atoms with Gasteiger partial charge in [0, 0.05) is 0 Å². The first-order chi connectivity index (χ1) is 8.58. The van der Waals surface area contributed by atoms with Gasteiger partial charge < -0.3 is 0 Å². The Morgan fingerprint density at radius 2 is 1.56 bits per heavy atom. The Morgan fingerprint density at radius 1 is 1.00 bits per heavy atom. The van der Waals surface area contributed by atoms with Gasteiger partial charge >= 0.3 is 0 Å². The molecular formula is C17H25F. The van der Waals surface area contributed by atoms with Gasteiger partial charge in [0.1, 0.15) is 5.82 Å². The number of halogens is 1. The van der Waals surface area contributed by atoms with E-state index in [1.807, 2.05) is 12.1 Å². The molecule has 1 fully saturated rings. The fourth-order valence-electron chi connectivity index (χ4n) is 3.53. The van der Waals surface area contributed by atoms with Crippen LogP contribution in [0.2, 0.25) is 0 Å². The van der Waals surface area contributed by atoms with Gasteiger partial charge in [0.2, 0.25) is 0 Å². The van der Waals surface area contributed by atoms with Crippen LogP contribution in [0.5, 0.6) is 0 Å². The van der Waals surface area contributed by atoms with E-state index in [4.69, 9.17) is 0 Å². The third kappa shape index (κ3) is 3.13. The topological polar surface area (TPSA) is 0 Å². The summed E-state index contributed by atoms with van der Waals surface area (Å²) in [6.45, 7) is 6.95. The summed E-state index contributed by atoms with van der Waals surface area (Å²) < 4.78 is 13.0. The Labute approximate surface area is 111 Å². The average Bonchev–Trinajstić information content (AvgIpc) is 2.34. The van der Waals surface area contributed by atoms with E-state index in [-0.39, 0.29) is 5.82 Å². The van der Waals surface area contributed by atoms with Crippen molar-refractivity contribution in [2.24, 2.45) is 17.8 Å². The molecule has 1 aromatic carbocycles. The normalized spacial score (nSPS) is 26.3. The minimum atomic E-state index is -0.126. The van der Waals surface area contributed by atoms with E-state index in [1.54, 1.807) is 12.1 Å². The quantitative estimate of drug-likeness (QED) is 0.672. The highest BCUT2D eigenvalue weighted by molar-refractivity contribution is 5.22. The van der Waals surface area contributed by atoms with E-state index in [2.05, 4.69) is 20.8 Å². The van der Waals surface area contributed by atoms with E-state index >= 15 is 0 Å². The van der Waals surface area contributed by atoms with Crippen molar-refractivity contribution in [1.82, 2.24) is 0 Å². The first-order valence-electron chi connectivity index (χ1n) is 7.33. The monoisotopic (exact) mass is 248 g/mol. The zero-order valence-corrected chi connectivity index (χ0v) is 11.8. The number of rotatable bonds is 3. The van der Waals surface area contributed by atoms with E-state index in [0.29, 0.717) is 11.8 Å². The molecule has 0 bridgehead atoms. The van der Waals surface area contributed by atoms with Gasteiger partial charge in [-0.25, -0.2) is 4.39 Å². The molecule has 1 heteroatoms. The zero-order valence-electron chi connectivity index (χ0n) is 11.8. The largest absolute Gasteiger partial charge is 0.207 e. The van der Waals surface area contributed by atoms with E-state index < -0.39 is 0 Å². The molecule has 0 N–H and O–H groups in total. The highest BCUT2D eigenvalue weighted by Crippen LogP contribution is 2.41. The van der Waals surface area contributed by atoms with Crippen molar-refractivity contribution in [2.45, 2.75) is 52.4 Å². The molecule has 0 radical (unpaired) electrons. The summed E-state index contributed by atoms with van der Waals surface area (Å²) in [5.74, 6) is 2.78. The van der Waals surface area contributed by atoms with Crippen LogP contribution in [0.1, 0.15) is 57.9 Å². The molecule has 1 aromatic rings. The van der Waals surface area contributed by atoms with Crippen molar-refractivity contribution in [1.29, 1.82) is 0 Å². The van der Waals surface area contributed by atoms with Crippen molar-refractivity contribution in [3.63, 3.8) is 0 Å². The molecule has 1 unspecified atom stereocenters. The fraction of sp³-hybridized carbons (Fsp3) is 0.647. The molecule has 0 amide bonds. The maximum atomic E-state index is 13.0. The van der Waals surface area contributed by atoms with Crippen LogP contribution < -0.4 is 0 Å². The minimum absolute atomic E-state index is 0.126. The first kappa shape index (κ1) is 13.6. The highest BCUT2D eigenvalue weighted by atomic mass is 19.1. The predicted octanol–water partition coefficient (Wildman–Crippen LogP) is 5.39. The van der Waals surface area contributed by atoms with E-state index in [0.717, 1.165) is 11.8 Å². The molecular weight excluding hydrogens is 223 g/mol. The third-order valence-corrected chi connectivity index (χ3v) is 4.54. The van der Waals surface area contributed by atoms with Crippen molar-refractivity contribution in [2.75, 3.05) is 0 Å². The van der Waals surface area contributed by atoms with Crippen LogP contribution in [-0.4, -0.2) is 0 Å². The number of hydrogen-bond donors (Lipinski definition) is 0. The summed E-state index contributed by atoms with van der Waals surface area (Å²) in [6.07, 6.45) is 5.38. The smallest absolute Gasteiger partial charge is 0.123 e. The molecule has 0 heterocycles. The molecule has 0 aromatic heterocycles. The van der Waals surface area contributed by atoms with Crippen molar-refractivity contribution in [3.05, 3.63) is 35.6 Å². The van der Waals surface area contributed by atoms with Crippen molar-refractivity contribution < 1.29 is 4.39 Å². The second kappa shape index (κ2) is 5.86. The zero-order chi connectivity index (χ0) is 13.1. The predicted molar refractivity (Wildman–Crippen MR) is 75.1 cm³/mol. The molecule has 1 aliphatic carbocycles. The van der Waals surface area contributed by atoms with Gasteiger partial charge in [-0.05, 0) is 54.2 Å². The summed E-state index contributed by atoms with van der Waals surface area (Å²) in [4.78, 5) is 0. The van der Waals surface area contributed by atoms with Crippen LogP contribution in [0.4, 0.5) is 4.39 Å². The molecule has 100 valence electrons. The summed E-state index contributed by atoms with van der Waals surface area (Å²) in [5, 5.41) is 0. The Kier molecular flexibility index (Phi) is 4.42. The van der Waals surface area contributed by atoms with Crippen LogP contribution in [0.15, 0.2) is 24.3 Å². The summed E-state index contributed by atoms with van der Waals surface area (Å²) in [6, 6.07) is 7.18. The average molecular weight is 248 g/mol. The lowest BCUT2D eigenvalue weighted by Crippen LogP contribution is -2.23. The maximum absolute atomic E-state index is 13.0. The first-order valence-corrected chi connectivity index (χ1v) is 7.33. The van der Waals surface area contributed by atoms with Gasteiger partial charge in [0.05, 0.1) is 0 Å². The second-order valence-corrected chi connectivity index (χ2v) is 6.34.